The number of benzene rings is 2. The van der Waals surface area contributed by atoms with Gasteiger partial charge in [-0.3, -0.25) is 4.79 Å². The van der Waals surface area contributed by atoms with Crippen molar-refractivity contribution in [2.24, 2.45) is 7.05 Å². The summed E-state index contributed by atoms with van der Waals surface area (Å²) in [5, 5.41) is 9.38. The van der Waals surface area contributed by atoms with Crippen molar-refractivity contribution in [3.05, 3.63) is 64.5 Å². The lowest BCUT2D eigenvalue weighted by Gasteiger charge is -2.08. The normalized spacial score (nSPS) is 10.4. The predicted octanol–water partition coefficient (Wildman–Crippen LogP) is 2.74. The minimum Gasteiger partial charge on any atom is -0.456 e. The van der Waals surface area contributed by atoms with Gasteiger partial charge in [-0.25, -0.2) is 9.37 Å². The summed E-state index contributed by atoms with van der Waals surface area (Å²) in [6.07, 6.45) is 1.44. The van der Waals surface area contributed by atoms with Crippen LogP contribution in [-0.4, -0.2) is 9.55 Å². The van der Waals surface area contributed by atoms with E-state index < -0.39 is 5.82 Å². The van der Waals surface area contributed by atoms with E-state index in [0.29, 0.717) is 16.7 Å². The Labute approximate surface area is 124 Å². The molecule has 0 amide bonds. The van der Waals surface area contributed by atoms with Crippen LogP contribution in [0.4, 0.5) is 4.39 Å². The highest BCUT2D eigenvalue weighted by Crippen LogP contribution is 2.27. The average Bonchev–Trinajstić information content (AvgIpc) is 2.52. The van der Waals surface area contributed by atoms with E-state index >= 15 is 0 Å². The van der Waals surface area contributed by atoms with Gasteiger partial charge in [0.15, 0.2) is 0 Å². The number of aryl methyl sites for hydroxylation is 1. The molecule has 2 aromatic carbocycles. The van der Waals surface area contributed by atoms with E-state index in [2.05, 4.69) is 4.98 Å². The summed E-state index contributed by atoms with van der Waals surface area (Å²) in [5.41, 5.74) is 0.145. The summed E-state index contributed by atoms with van der Waals surface area (Å²) in [4.78, 5) is 16.2. The number of rotatable bonds is 2. The maximum Gasteiger partial charge on any atom is 0.261 e. The summed E-state index contributed by atoms with van der Waals surface area (Å²) >= 11 is 0. The van der Waals surface area contributed by atoms with Gasteiger partial charge in [0.2, 0.25) is 0 Å². The Morgan fingerprint density at radius 2 is 2.14 bits per heavy atom. The van der Waals surface area contributed by atoms with E-state index in [1.54, 1.807) is 25.2 Å². The van der Waals surface area contributed by atoms with Gasteiger partial charge in [-0.2, -0.15) is 5.26 Å². The number of nitrogens with zero attached hydrogens (tertiary/aromatic N) is 3. The van der Waals surface area contributed by atoms with Crippen LogP contribution < -0.4 is 10.3 Å². The van der Waals surface area contributed by atoms with Gasteiger partial charge in [-0.15, -0.1) is 0 Å². The Hall–Kier alpha value is -3.20. The van der Waals surface area contributed by atoms with Gasteiger partial charge in [0, 0.05) is 7.05 Å². The van der Waals surface area contributed by atoms with Crippen molar-refractivity contribution >= 4 is 10.9 Å². The van der Waals surface area contributed by atoms with Crippen LogP contribution in [0, 0.1) is 17.1 Å². The number of aromatic nitrogens is 2. The van der Waals surface area contributed by atoms with Crippen LogP contribution >= 0.6 is 0 Å². The first kappa shape index (κ1) is 13.8. The van der Waals surface area contributed by atoms with Crippen molar-refractivity contribution in [3.8, 4) is 17.6 Å². The van der Waals surface area contributed by atoms with Gasteiger partial charge in [0.25, 0.3) is 5.56 Å². The van der Waals surface area contributed by atoms with Crippen molar-refractivity contribution in [1.82, 2.24) is 9.55 Å². The van der Waals surface area contributed by atoms with Crippen molar-refractivity contribution < 1.29 is 9.13 Å². The largest absolute Gasteiger partial charge is 0.456 e. The second kappa shape index (κ2) is 5.30. The number of nitriles is 1. The van der Waals surface area contributed by atoms with Gasteiger partial charge in [-0.05, 0) is 30.3 Å². The molecular weight excluding hydrogens is 285 g/mol. The van der Waals surface area contributed by atoms with E-state index in [0.717, 1.165) is 0 Å². The lowest BCUT2D eigenvalue weighted by molar-refractivity contribution is 0.475. The van der Waals surface area contributed by atoms with Crippen LogP contribution in [0.25, 0.3) is 10.9 Å². The summed E-state index contributed by atoms with van der Waals surface area (Å²) in [6, 6.07) is 10.7. The molecule has 1 heterocycles. The van der Waals surface area contributed by atoms with E-state index in [9.17, 15) is 9.18 Å². The second-order valence-electron chi connectivity index (χ2n) is 4.67. The lowest BCUT2D eigenvalue weighted by atomic mass is 10.2. The summed E-state index contributed by atoms with van der Waals surface area (Å²) < 4.78 is 20.5. The van der Waals surface area contributed by atoms with Gasteiger partial charge in [-0.1, -0.05) is 6.07 Å². The molecule has 0 aliphatic rings. The molecule has 0 saturated heterocycles. The molecular formula is C16H10FN3O2. The third-order valence-corrected chi connectivity index (χ3v) is 3.20. The van der Waals surface area contributed by atoms with Crippen molar-refractivity contribution in [2.75, 3.05) is 0 Å². The van der Waals surface area contributed by atoms with Gasteiger partial charge in [0.05, 0.1) is 17.2 Å². The minimum atomic E-state index is -0.654. The third-order valence-electron chi connectivity index (χ3n) is 3.20. The number of halogens is 1. The molecule has 3 aromatic rings. The zero-order valence-electron chi connectivity index (χ0n) is 11.6. The van der Waals surface area contributed by atoms with E-state index in [1.807, 2.05) is 0 Å². The molecule has 0 bridgehead atoms. The van der Waals surface area contributed by atoms with E-state index in [4.69, 9.17) is 10.00 Å². The van der Waals surface area contributed by atoms with Gasteiger partial charge >= 0.3 is 0 Å². The molecule has 0 spiro atoms. The molecule has 0 saturated carbocycles. The molecule has 22 heavy (non-hydrogen) atoms. The van der Waals surface area contributed by atoms with Crippen LogP contribution in [0.3, 0.4) is 0 Å². The zero-order chi connectivity index (χ0) is 15.7. The first-order chi connectivity index (χ1) is 10.6. The van der Waals surface area contributed by atoms with Crippen LogP contribution in [0.2, 0.25) is 0 Å². The Bertz CT molecular complexity index is 973. The first-order valence-electron chi connectivity index (χ1n) is 6.42. The molecule has 0 fully saturated rings. The number of hydrogen-bond acceptors (Lipinski definition) is 4. The highest BCUT2D eigenvalue weighted by molar-refractivity contribution is 5.79. The van der Waals surface area contributed by atoms with Crippen LogP contribution in [-0.2, 0) is 7.05 Å². The molecule has 108 valence electrons. The van der Waals surface area contributed by atoms with Crippen molar-refractivity contribution in [1.29, 1.82) is 5.26 Å². The quantitative estimate of drug-likeness (QED) is 0.729. The second-order valence-corrected chi connectivity index (χ2v) is 4.67. The Kier molecular flexibility index (Phi) is 3.31. The van der Waals surface area contributed by atoms with Crippen LogP contribution in [0.5, 0.6) is 11.5 Å². The molecule has 0 N–H and O–H groups in total. The Balaban J connectivity index is 2.09. The maximum atomic E-state index is 13.6. The number of fused-ring (bicyclic) bond motifs is 1. The fraction of sp³-hybridized carbons (Fsp3) is 0.0625. The standard InChI is InChI=1S/C16H10FN3O2/c1-20-9-19-14-6-5-10(7-11(14)16(20)21)22-15-4-2-3-13(17)12(15)8-18/h2-7,9H,1H3. The van der Waals surface area contributed by atoms with Crippen LogP contribution in [0.1, 0.15) is 5.56 Å². The number of hydrogen-bond donors (Lipinski definition) is 0. The van der Waals surface area contributed by atoms with Crippen molar-refractivity contribution in [3.63, 3.8) is 0 Å². The van der Waals surface area contributed by atoms with E-state index in [-0.39, 0.29) is 16.9 Å². The smallest absolute Gasteiger partial charge is 0.261 e. The highest BCUT2D eigenvalue weighted by atomic mass is 19.1. The fourth-order valence-corrected chi connectivity index (χ4v) is 2.08. The van der Waals surface area contributed by atoms with Gasteiger partial charge < -0.3 is 9.30 Å². The molecule has 0 aliphatic carbocycles. The minimum absolute atomic E-state index is 0.0996. The monoisotopic (exact) mass is 295 g/mol. The molecule has 6 heteroatoms. The Morgan fingerprint density at radius 3 is 2.91 bits per heavy atom. The number of ether oxygens (including phenoxy) is 1. The maximum absolute atomic E-state index is 13.6. The first-order valence-corrected chi connectivity index (χ1v) is 6.42. The fourth-order valence-electron chi connectivity index (χ4n) is 2.08. The summed E-state index contributed by atoms with van der Waals surface area (Å²) in [6.45, 7) is 0. The highest BCUT2D eigenvalue weighted by Gasteiger charge is 2.11. The van der Waals surface area contributed by atoms with Gasteiger partial charge in [0.1, 0.15) is 28.9 Å². The SMILES string of the molecule is Cn1cnc2ccc(Oc3cccc(F)c3C#N)cc2c1=O. The molecule has 5 nitrogen and oxygen atoms in total. The topological polar surface area (TPSA) is 67.9 Å². The summed E-state index contributed by atoms with van der Waals surface area (Å²) in [7, 11) is 1.60. The van der Waals surface area contributed by atoms with Crippen LogP contribution in [0.15, 0.2) is 47.5 Å². The summed E-state index contributed by atoms with van der Waals surface area (Å²) in [5.74, 6) is -0.222. The molecule has 0 unspecified atom stereocenters. The van der Waals surface area contributed by atoms with Crippen molar-refractivity contribution in [2.45, 2.75) is 0 Å². The average molecular weight is 295 g/mol. The molecule has 3 rings (SSSR count). The Morgan fingerprint density at radius 1 is 1.32 bits per heavy atom. The van der Waals surface area contributed by atoms with E-state index in [1.165, 1.54) is 35.2 Å². The molecule has 0 atom stereocenters. The molecule has 0 aliphatic heterocycles. The third kappa shape index (κ3) is 2.29. The molecule has 0 radical (unpaired) electrons. The molecule has 1 aromatic heterocycles. The predicted molar refractivity (Wildman–Crippen MR) is 78.2 cm³/mol. The lowest BCUT2D eigenvalue weighted by Crippen LogP contribution is -2.16. The zero-order valence-corrected chi connectivity index (χ0v) is 11.6.